The molecule has 3 rings (SSSR count). The predicted molar refractivity (Wildman–Crippen MR) is 92.5 cm³/mol. The average molecular weight is 336 g/mol. The molecule has 1 saturated carbocycles. The van der Waals surface area contributed by atoms with Crippen LogP contribution in [0.2, 0.25) is 0 Å². The van der Waals surface area contributed by atoms with Crippen molar-refractivity contribution in [1.29, 1.82) is 0 Å². The molecule has 3 aliphatic rings. The van der Waals surface area contributed by atoms with Crippen LogP contribution in [0.25, 0.3) is 0 Å². The highest BCUT2D eigenvalue weighted by Crippen LogP contribution is 2.31. The fraction of sp³-hybridized carbons (Fsp3) is 0.895. The molecule has 3 fully saturated rings. The summed E-state index contributed by atoms with van der Waals surface area (Å²) in [6.07, 6.45) is 10.6. The molecular formula is C19H32N2O3. The zero-order valence-electron chi connectivity index (χ0n) is 14.8. The molecule has 1 atom stereocenters. The predicted octanol–water partition coefficient (Wildman–Crippen LogP) is 2.49. The second-order valence-corrected chi connectivity index (χ2v) is 7.67. The van der Waals surface area contributed by atoms with E-state index in [1.807, 2.05) is 0 Å². The molecule has 1 N–H and O–H groups in total. The van der Waals surface area contributed by atoms with Crippen LogP contribution in [-0.4, -0.2) is 49.1 Å². The maximum Gasteiger partial charge on any atom is 0.225 e. The number of hydrogen-bond donors (Lipinski definition) is 1. The van der Waals surface area contributed by atoms with Crippen molar-refractivity contribution in [2.24, 2.45) is 11.8 Å². The summed E-state index contributed by atoms with van der Waals surface area (Å²) < 4.78 is 5.55. The SMILES string of the molecule is O=C(NCC1CCCO1)C1CCC(C(=O)N2CCCCCC2)CC1. The summed E-state index contributed by atoms with van der Waals surface area (Å²) in [4.78, 5) is 27.1. The van der Waals surface area contributed by atoms with Crippen molar-refractivity contribution in [3.8, 4) is 0 Å². The quantitative estimate of drug-likeness (QED) is 0.858. The monoisotopic (exact) mass is 336 g/mol. The summed E-state index contributed by atoms with van der Waals surface area (Å²) in [5.74, 6) is 0.728. The van der Waals surface area contributed by atoms with E-state index in [0.717, 1.165) is 71.1 Å². The number of nitrogens with zero attached hydrogens (tertiary/aromatic N) is 1. The van der Waals surface area contributed by atoms with Crippen LogP contribution >= 0.6 is 0 Å². The lowest BCUT2D eigenvalue weighted by molar-refractivity contribution is -0.138. The largest absolute Gasteiger partial charge is 0.376 e. The Labute approximate surface area is 145 Å². The summed E-state index contributed by atoms with van der Waals surface area (Å²) in [6.45, 7) is 3.33. The van der Waals surface area contributed by atoms with Gasteiger partial charge < -0.3 is 15.0 Å². The van der Waals surface area contributed by atoms with Crippen LogP contribution in [0.5, 0.6) is 0 Å². The van der Waals surface area contributed by atoms with Gasteiger partial charge in [0.15, 0.2) is 0 Å². The second-order valence-electron chi connectivity index (χ2n) is 7.67. The first kappa shape index (κ1) is 17.7. The van der Waals surface area contributed by atoms with Gasteiger partial charge in [-0.25, -0.2) is 0 Å². The van der Waals surface area contributed by atoms with Crippen LogP contribution in [0.15, 0.2) is 0 Å². The minimum atomic E-state index is 0.0830. The molecule has 0 radical (unpaired) electrons. The van der Waals surface area contributed by atoms with E-state index in [1.54, 1.807) is 0 Å². The molecule has 0 spiro atoms. The number of nitrogens with one attached hydrogen (secondary N) is 1. The number of likely N-dealkylation sites (tertiary alicyclic amines) is 1. The van der Waals surface area contributed by atoms with Gasteiger partial charge in [-0.15, -0.1) is 0 Å². The molecule has 2 saturated heterocycles. The number of carbonyl (C=O) groups is 2. The van der Waals surface area contributed by atoms with Gasteiger partial charge in [-0.2, -0.15) is 0 Å². The van der Waals surface area contributed by atoms with Gasteiger partial charge in [0.05, 0.1) is 6.10 Å². The summed E-state index contributed by atoms with van der Waals surface area (Å²) in [6, 6.07) is 0. The molecule has 5 heteroatoms. The van der Waals surface area contributed by atoms with E-state index in [-0.39, 0.29) is 23.8 Å². The first-order chi connectivity index (χ1) is 11.7. The normalized spacial score (nSPS) is 31.5. The highest BCUT2D eigenvalue weighted by molar-refractivity contribution is 5.81. The minimum Gasteiger partial charge on any atom is -0.376 e. The molecule has 136 valence electrons. The van der Waals surface area contributed by atoms with Crippen LogP contribution in [-0.2, 0) is 14.3 Å². The van der Waals surface area contributed by atoms with E-state index < -0.39 is 0 Å². The third-order valence-corrected chi connectivity index (χ3v) is 5.89. The standard InChI is InChI=1S/C19H32N2O3/c22-18(20-14-17-6-5-13-24-17)15-7-9-16(10-8-15)19(23)21-11-3-1-2-4-12-21/h15-17H,1-14H2,(H,20,22). The minimum absolute atomic E-state index is 0.0830. The van der Waals surface area contributed by atoms with E-state index in [0.29, 0.717) is 12.5 Å². The maximum atomic E-state index is 12.7. The molecule has 0 bridgehead atoms. The Balaban J connectivity index is 1.39. The fourth-order valence-corrected chi connectivity index (χ4v) is 4.32. The lowest BCUT2D eigenvalue weighted by Crippen LogP contribution is -2.41. The van der Waals surface area contributed by atoms with Crippen molar-refractivity contribution in [3.05, 3.63) is 0 Å². The van der Waals surface area contributed by atoms with Gasteiger partial charge in [-0.3, -0.25) is 9.59 Å². The first-order valence-corrected chi connectivity index (χ1v) is 9.92. The molecule has 2 aliphatic heterocycles. The van der Waals surface area contributed by atoms with E-state index in [4.69, 9.17) is 4.74 Å². The Morgan fingerprint density at radius 1 is 0.875 bits per heavy atom. The molecule has 0 aromatic carbocycles. The van der Waals surface area contributed by atoms with E-state index in [2.05, 4.69) is 10.2 Å². The highest BCUT2D eigenvalue weighted by atomic mass is 16.5. The molecule has 0 aromatic rings. The van der Waals surface area contributed by atoms with Crippen molar-refractivity contribution in [1.82, 2.24) is 10.2 Å². The smallest absolute Gasteiger partial charge is 0.225 e. The molecule has 1 unspecified atom stereocenters. The fourth-order valence-electron chi connectivity index (χ4n) is 4.32. The van der Waals surface area contributed by atoms with Crippen molar-refractivity contribution in [3.63, 3.8) is 0 Å². The number of amides is 2. The lowest BCUT2D eigenvalue weighted by Gasteiger charge is -2.31. The molecule has 2 heterocycles. The zero-order chi connectivity index (χ0) is 16.8. The highest BCUT2D eigenvalue weighted by Gasteiger charge is 2.32. The van der Waals surface area contributed by atoms with Crippen LogP contribution in [0.4, 0.5) is 0 Å². The third kappa shape index (κ3) is 4.71. The van der Waals surface area contributed by atoms with E-state index >= 15 is 0 Å². The molecular weight excluding hydrogens is 304 g/mol. The Kier molecular flexibility index (Phi) is 6.52. The van der Waals surface area contributed by atoms with Crippen molar-refractivity contribution in [2.45, 2.75) is 70.3 Å². The summed E-state index contributed by atoms with van der Waals surface area (Å²) in [5, 5.41) is 3.05. The van der Waals surface area contributed by atoms with Gasteiger partial charge in [-0.1, -0.05) is 12.8 Å². The van der Waals surface area contributed by atoms with E-state index in [1.165, 1.54) is 12.8 Å². The molecule has 0 aromatic heterocycles. The van der Waals surface area contributed by atoms with Gasteiger partial charge in [0.25, 0.3) is 0 Å². The third-order valence-electron chi connectivity index (χ3n) is 5.89. The number of hydrogen-bond acceptors (Lipinski definition) is 3. The second kappa shape index (κ2) is 8.84. The Bertz CT molecular complexity index is 418. The zero-order valence-corrected chi connectivity index (χ0v) is 14.8. The van der Waals surface area contributed by atoms with Gasteiger partial charge in [0, 0.05) is 38.1 Å². The number of rotatable bonds is 4. The summed E-state index contributed by atoms with van der Waals surface area (Å²) in [5.41, 5.74) is 0. The van der Waals surface area contributed by atoms with Crippen LogP contribution < -0.4 is 5.32 Å². The van der Waals surface area contributed by atoms with Crippen LogP contribution in [0.1, 0.15) is 64.2 Å². The number of ether oxygens (including phenoxy) is 1. The van der Waals surface area contributed by atoms with Gasteiger partial charge >= 0.3 is 0 Å². The van der Waals surface area contributed by atoms with Crippen LogP contribution in [0.3, 0.4) is 0 Å². The molecule has 2 amide bonds. The first-order valence-electron chi connectivity index (χ1n) is 9.92. The topological polar surface area (TPSA) is 58.6 Å². The van der Waals surface area contributed by atoms with Crippen molar-refractivity contribution < 1.29 is 14.3 Å². The number of carbonyl (C=O) groups excluding carboxylic acids is 2. The van der Waals surface area contributed by atoms with Gasteiger partial charge in [0.2, 0.25) is 11.8 Å². The van der Waals surface area contributed by atoms with E-state index in [9.17, 15) is 9.59 Å². The van der Waals surface area contributed by atoms with Crippen LogP contribution in [0, 0.1) is 11.8 Å². The Morgan fingerprint density at radius 2 is 1.54 bits per heavy atom. The van der Waals surface area contributed by atoms with Crippen molar-refractivity contribution in [2.75, 3.05) is 26.2 Å². The summed E-state index contributed by atoms with van der Waals surface area (Å²) in [7, 11) is 0. The summed E-state index contributed by atoms with van der Waals surface area (Å²) >= 11 is 0. The average Bonchev–Trinajstić information content (AvgIpc) is 2.99. The Hall–Kier alpha value is -1.10. The lowest BCUT2D eigenvalue weighted by atomic mass is 9.81. The van der Waals surface area contributed by atoms with Gasteiger partial charge in [-0.05, 0) is 51.4 Å². The van der Waals surface area contributed by atoms with Gasteiger partial charge in [0.1, 0.15) is 0 Å². The maximum absolute atomic E-state index is 12.7. The van der Waals surface area contributed by atoms with Crippen molar-refractivity contribution >= 4 is 11.8 Å². The Morgan fingerprint density at radius 3 is 2.17 bits per heavy atom. The molecule has 1 aliphatic carbocycles. The molecule has 24 heavy (non-hydrogen) atoms. The molecule has 5 nitrogen and oxygen atoms in total.